The van der Waals surface area contributed by atoms with Gasteiger partial charge in [0, 0.05) is 0 Å². The van der Waals surface area contributed by atoms with Gasteiger partial charge in [-0.15, -0.1) is 0 Å². The highest BCUT2D eigenvalue weighted by molar-refractivity contribution is 5.29. The third kappa shape index (κ3) is 3.49. The molecule has 0 saturated heterocycles. The van der Waals surface area contributed by atoms with Crippen LogP contribution < -0.4 is 4.74 Å². The zero-order chi connectivity index (χ0) is 10.4. The maximum absolute atomic E-state index is 8.54. The molecule has 1 aromatic rings. The number of rotatable bonds is 4. The Balaban J connectivity index is 2.60. The topological polar surface area (TPSA) is 33.0 Å². The molecule has 74 valence electrons. The fraction of sp³-hybridized carbons (Fsp3) is 0.417. The Morgan fingerprint density at radius 3 is 2.86 bits per heavy atom. The van der Waals surface area contributed by atoms with Crippen molar-refractivity contribution in [3.8, 4) is 11.8 Å². The normalized spacial score (nSPS) is 9.86. The van der Waals surface area contributed by atoms with E-state index < -0.39 is 0 Å². The van der Waals surface area contributed by atoms with E-state index in [9.17, 15) is 0 Å². The summed E-state index contributed by atoms with van der Waals surface area (Å²) in [6, 6.07) is 9.82. The molecule has 0 bridgehead atoms. The van der Waals surface area contributed by atoms with Crippen molar-refractivity contribution in [1.82, 2.24) is 0 Å². The second-order valence-corrected chi connectivity index (χ2v) is 3.69. The van der Waals surface area contributed by atoms with Crippen LogP contribution in [0.5, 0.6) is 5.75 Å². The van der Waals surface area contributed by atoms with Crippen LogP contribution in [-0.4, -0.2) is 6.61 Å². The molecule has 0 heterocycles. The zero-order valence-electron chi connectivity index (χ0n) is 8.66. The summed E-state index contributed by atoms with van der Waals surface area (Å²) in [5.41, 5.74) is 1.01. The lowest BCUT2D eigenvalue weighted by Gasteiger charge is -2.08. The average molecular weight is 189 g/mol. The van der Waals surface area contributed by atoms with E-state index in [4.69, 9.17) is 10.00 Å². The Bertz CT molecular complexity index is 325. The molecule has 0 N–H and O–H groups in total. The Morgan fingerprint density at radius 2 is 2.21 bits per heavy atom. The monoisotopic (exact) mass is 189 g/mol. The summed E-state index contributed by atoms with van der Waals surface area (Å²) in [7, 11) is 0. The molecule has 0 aromatic heterocycles. The number of nitrogens with zero attached hydrogens (tertiary/aromatic N) is 1. The van der Waals surface area contributed by atoms with Gasteiger partial charge in [0.25, 0.3) is 0 Å². The minimum Gasteiger partial charge on any atom is -0.493 e. The van der Waals surface area contributed by atoms with Gasteiger partial charge in [0.15, 0.2) is 0 Å². The quantitative estimate of drug-likeness (QED) is 0.729. The third-order valence-electron chi connectivity index (χ3n) is 1.76. The first-order valence-electron chi connectivity index (χ1n) is 4.81. The summed E-state index contributed by atoms with van der Waals surface area (Å²) in [5, 5.41) is 8.54. The van der Waals surface area contributed by atoms with E-state index in [1.54, 1.807) is 0 Å². The smallest absolute Gasteiger partial charge is 0.119 e. The van der Waals surface area contributed by atoms with Crippen molar-refractivity contribution in [2.24, 2.45) is 5.92 Å². The lowest BCUT2D eigenvalue weighted by molar-refractivity contribution is 0.271. The molecule has 0 saturated carbocycles. The zero-order valence-corrected chi connectivity index (χ0v) is 8.66. The predicted octanol–water partition coefficient (Wildman–Crippen LogP) is 2.79. The Hall–Kier alpha value is -1.49. The number of hydrogen-bond acceptors (Lipinski definition) is 2. The molecule has 0 aliphatic carbocycles. The first kappa shape index (κ1) is 10.6. The molecule has 2 nitrogen and oxygen atoms in total. The van der Waals surface area contributed by atoms with Gasteiger partial charge in [-0.25, -0.2) is 0 Å². The maximum atomic E-state index is 8.54. The molecule has 14 heavy (non-hydrogen) atoms. The lowest BCUT2D eigenvalue weighted by atomic mass is 10.1. The minimum atomic E-state index is 0.443. The van der Waals surface area contributed by atoms with Crippen molar-refractivity contribution in [1.29, 1.82) is 5.26 Å². The van der Waals surface area contributed by atoms with Crippen LogP contribution in [0.15, 0.2) is 24.3 Å². The molecular weight excluding hydrogens is 174 g/mol. The fourth-order valence-electron chi connectivity index (χ4n) is 1.10. The molecule has 0 aliphatic heterocycles. The summed E-state index contributed by atoms with van der Waals surface area (Å²) >= 11 is 0. The third-order valence-corrected chi connectivity index (χ3v) is 1.76. The highest BCUT2D eigenvalue weighted by Crippen LogP contribution is 2.14. The van der Waals surface area contributed by atoms with E-state index in [-0.39, 0.29) is 0 Å². The van der Waals surface area contributed by atoms with E-state index in [0.717, 1.165) is 17.9 Å². The highest BCUT2D eigenvalue weighted by atomic mass is 16.5. The van der Waals surface area contributed by atoms with Gasteiger partial charge >= 0.3 is 0 Å². The minimum absolute atomic E-state index is 0.443. The molecule has 0 aliphatic rings. The van der Waals surface area contributed by atoms with Crippen molar-refractivity contribution >= 4 is 0 Å². The van der Waals surface area contributed by atoms with E-state index >= 15 is 0 Å². The molecule has 0 fully saturated rings. The van der Waals surface area contributed by atoms with Crippen molar-refractivity contribution in [3.05, 3.63) is 29.8 Å². The molecule has 0 spiro atoms. The number of ether oxygens (including phenoxy) is 1. The van der Waals surface area contributed by atoms with Gasteiger partial charge in [-0.1, -0.05) is 26.0 Å². The highest BCUT2D eigenvalue weighted by Gasteiger charge is 1.98. The van der Waals surface area contributed by atoms with Crippen LogP contribution in [0, 0.1) is 17.2 Å². The molecule has 0 amide bonds. The van der Waals surface area contributed by atoms with Crippen LogP contribution in [-0.2, 0) is 6.42 Å². The fourth-order valence-corrected chi connectivity index (χ4v) is 1.10. The van der Waals surface area contributed by atoms with Crippen molar-refractivity contribution < 1.29 is 4.74 Å². The van der Waals surface area contributed by atoms with E-state index in [1.165, 1.54) is 0 Å². The first-order chi connectivity index (χ1) is 6.72. The van der Waals surface area contributed by atoms with Crippen LogP contribution in [0.3, 0.4) is 0 Å². The molecule has 0 radical (unpaired) electrons. The van der Waals surface area contributed by atoms with E-state index in [1.807, 2.05) is 24.3 Å². The number of nitriles is 1. The Kier molecular flexibility index (Phi) is 4.00. The maximum Gasteiger partial charge on any atom is 0.119 e. The van der Waals surface area contributed by atoms with Crippen LogP contribution in [0.4, 0.5) is 0 Å². The van der Waals surface area contributed by atoms with E-state index in [0.29, 0.717) is 12.3 Å². The summed E-state index contributed by atoms with van der Waals surface area (Å²) < 4.78 is 5.54. The van der Waals surface area contributed by atoms with Gasteiger partial charge in [0.2, 0.25) is 0 Å². The van der Waals surface area contributed by atoms with Crippen LogP contribution >= 0.6 is 0 Å². The van der Waals surface area contributed by atoms with Gasteiger partial charge in [-0.05, 0) is 23.6 Å². The van der Waals surface area contributed by atoms with Crippen LogP contribution in [0.2, 0.25) is 0 Å². The van der Waals surface area contributed by atoms with Crippen molar-refractivity contribution in [3.63, 3.8) is 0 Å². The van der Waals surface area contributed by atoms with Gasteiger partial charge in [-0.2, -0.15) is 5.26 Å². The lowest BCUT2D eigenvalue weighted by Crippen LogP contribution is -2.04. The largest absolute Gasteiger partial charge is 0.493 e. The first-order valence-corrected chi connectivity index (χ1v) is 4.81. The summed E-state index contributed by atoms with van der Waals surface area (Å²) in [6.07, 6.45) is 0.443. The van der Waals surface area contributed by atoms with Crippen molar-refractivity contribution in [2.45, 2.75) is 20.3 Å². The average Bonchev–Trinajstić information content (AvgIpc) is 2.16. The van der Waals surface area contributed by atoms with Crippen LogP contribution in [0.25, 0.3) is 0 Å². The molecule has 0 unspecified atom stereocenters. The number of hydrogen-bond donors (Lipinski definition) is 0. The van der Waals surface area contributed by atoms with Gasteiger partial charge in [0.05, 0.1) is 19.1 Å². The van der Waals surface area contributed by atoms with Gasteiger partial charge < -0.3 is 4.74 Å². The van der Waals surface area contributed by atoms with Crippen LogP contribution in [0.1, 0.15) is 19.4 Å². The Labute approximate surface area is 85.1 Å². The molecule has 1 rings (SSSR count). The van der Waals surface area contributed by atoms with Gasteiger partial charge in [-0.3, -0.25) is 0 Å². The molecule has 2 heteroatoms. The second-order valence-electron chi connectivity index (χ2n) is 3.69. The predicted molar refractivity (Wildman–Crippen MR) is 56.1 cm³/mol. The SMILES string of the molecule is CC(C)COc1cccc(CC#N)c1. The number of benzene rings is 1. The summed E-state index contributed by atoms with van der Waals surface area (Å²) in [4.78, 5) is 0. The summed E-state index contributed by atoms with van der Waals surface area (Å²) in [6.45, 7) is 4.94. The summed E-state index contributed by atoms with van der Waals surface area (Å²) in [5.74, 6) is 1.38. The van der Waals surface area contributed by atoms with E-state index in [2.05, 4.69) is 19.9 Å². The van der Waals surface area contributed by atoms with Gasteiger partial charge in [0.1, 0.15) is 5.75 Å². The molecule has 0 atom stereocenters. The Morgan fingerprint density at radius 1 is 1.43 bits per heavy atom. The standard InChI is InChI=1S/C12H15NO/c1-10(2)9-14-12-5-3-4-11(8-12)6-7-13/h3-5,8,10H,6,9H2,1-2H3. The second kappa shape index (κ2) is 5.29. The van der Waals surface area contributed by atoms with Crippen molar-refractivity contribution in [2.75, 3.05) is 6.61 Å². The molecule has 1 aromatic carbocycles. The molecular formula is C12H15NO.